The van der Waals surface area contributed by atoms with Crippen LogP contribution in [-0.4, -0.2) is 48.7 Å². The minimum absolute atomic E-state index is 0.0814. The molecule has 0 unspecified atom stereocenters. The molecule has 0 spiro atoms. The highest BCUT2D eigenvalue weighted by Crippen LogP contribution is 2.30. The fraction of sp³-hybridized carbons (Fsp3) is 0.381. The molecule has 2 heterocycles. The van der Waals surface area contributed by atoms with Gasteiger partial charge in [0, 0.05) is 31.1 Å². The van der Waals surface area contributed by atoms with Gasteiger partial charge >= 0.3 is 6.61 Å². The molecule has 0 bridgehead atoms. The number of rotatable bonds is 7. The fourth-order valence-electron chi connectivity index (χ4n) is 3.27. The summed E-state index contributed by atoms with van der Waals surface area (Å²) in [5.41, 5.74) is 0.601. The van der Waals surface area contributed by atoms with Crippen LogP contribution in [0.2, 0.25) is 0 Å². The van der Waals surface area contributed by atoms with Gasteiger partial charge in [-0.3, -0.25) is 9.59 Å². The van der Waals surface area contributed by atoms with Gasteiger partial charge in [-0.1, -0.05) is 11.2 Å². The standard InChI is InChI=1S/C21H23F2N3O5/c1-13-11-18(25-31-13)24-20(28)15-7-9-26(10-8-15)19(27)6-4-14-3-5-16(30-21(22)23)17(12-14)29-2/h3-6,11-12,15,21H,7-10H2,1-2H3,(H,24,25,28)/b6-4+. The molecule has 1 N–H and O–H groups in total. The Kier molecular flexibility index (Phi) is 7.22. The van der Waals surface area contributed by atoms with Crippen LogP contribution in [0.3, 0.4) is 0 Å². The zero-order valence-corrected chi connectivity index (χ0v) is 17.1. The molecule has 31 heavy (non-hydrogen) atoms. The van der Waals surface area contributed by atoms with Gasteiger partial charge < -0.3 is 24.2 Å². The molecule has 1 fully saturated rings. The van der Waals surface area contributed by atoms with Gasteiger partial charge in [-0.15, -0.1) is 0 Å². The summed E-state index contributed by atoms with van der Waals surface area (Å²) >= 11 is 0. The number of benzene rings is 1. The van der Waals surface area contributed by atoms with Crippen molar-refractivity contribution in [3.63, 3.8) is 0 Å². The van der Waals surface area contributed by atoms with E-state index in [-0.39, 0.29) is 29.2 Å². The number of hydrogen-bond donors (Lipinski definition) is 1. The number of likely N-dealkylation sites (tertiary alicyclic amines) is 1. The van der Waals surface area contributed by atoms with E-state index in [2.05, 4.69) is 15.2 Å². The quantitative estimate of drug-likeness (QED) is 0.670. The molecule has 1 aliphatic heterocycles. The number of aromatic nitrogens is 1. The largest absolute Gasteiger partial charge is 0.493 e. The van der Waals surface area contributed by atoms with Gasteiger partial charge in [0.25, 0.3) is 0 Å². The number of ether oxygens (including phenoxy) is 2. The smallest absolute Gasteiger partial charge is 0.387 e. The highest BCUT2D eigenvalue weighted by atomic mass is 19.3. The molecule has 8 nitrogen and oxygen atoms in total. The molecule has 1 aromatic carbocycles. The van der Waals surface area contributed by atoms with Crippen LogP contribution in [0.4, 0.5) is 14.6 Å². The lowest BCUT2D eigenvalue weighted by Gasteiger charge is -2.30. The van der Waals surface area contributed by atoms with Crippen molar-refractivity contribution in [2.24, 2.45) is 5.92 Å². The Morgan fingerprint density at radius 1 is 1.26 bits per heavy atom. The first-order valence-electron chi connectivity index (χ1n) is 9.69. The summed E-state index contributed by atoms with van der Waals surface area (Å²) in [6.07, 6.45) is 4.05. The number of halogens is 2. The summed E-state index contributed by atoms with van der Waals surface area (Å²) < 4.78 is 39.2. The Morgan fingerprint density at radius 3 is 2.61 bits per heavy atom. The Hall–Kier alpha value is -3.43. The Balaban J connectivity index is 1.52. The van der Waals surface area contributed by atoms with Crippen molar-refractivity contribution < 1.29 is 32.4 Å². The molecule has 1 saturated heterocycles. The number of hydrogen-bond acceptors (Lipinski definition) is 6. The van der Waals surface area contributed by atoms with Gasteiger partial charge in [0.05, 0.1) is 7.11 Å². The van der Waals surface area contributed by atoms with E-state index in [0.29, 0.717) is 43.1 Å². The summed E-state index contributed by atoms with van der Waals surface area (Å²) in [6, 6.07) is 6.05. The van der Waals surface area contributed by atoms with E-state index in [4.69, 9.17) is 9.26 Å². The Labute approximate surface area is 177 Å². The van der Waals surface area contributed by atoms with Crippen LogP contribution < -0.4 is 14.8 Å². The third-order valence-corrected chi connectivity index (χ3v) is 4.88. The van der Waals surface area contributed by atoms with Crippen molar-refractivity contribution in [3.05, 3.63) is 41.7 Å². The second-order valence-corrected chi connectivity index (χ2v) is 7.03. The minimum atomic E-state index is -2.96. The van der Waals surface area contributed by atoms with Crippen LogP contribution in [0, 0.1) is 12.8 Å². The van der Waals surface area contributed by atoms with Crippen LogP contribution in [0.25, 0.3) is 6.08 Å². The molecule has 0 aliphatic carbocycles. The zero-order chi connectivity index (χ0) is 22.4. The van der Waals surface area contributed by atoms with Crippen LogP contribution in [0.5, 0.6) is 11.5 Å². The van der Waals surface area contributed by atoms with Gasteiger partial charge in [0.1, 0.15) is 5.76 Å². The van der Waals surface area contributed by atoms with E-state index in [1.54, 1.807) is 30.0 Å². The van der Waals surface area contributed by atoms with Crippen molar-refractivity contribution in [3.8, 4) is 11.5 Å². The van der Waals surface area contributed by atoms with Gasteiger partial charge in [-0.25, -0.2) is 0 Å². The van der Waals surface area contributed by atoms with E-state index in [1.165, 1.54) is 25.3 Å². The van der Waals surface area contributed by atoms with E-state index in [9.17, 15) is 18.4 Å². The number of piperidine rings is 1. The van der Waals surface area contributed by atoms with Crippen LogP contribution >= 0.6 is 0 Å². The average molecular weight is 435 g/mol. The molecule has 1 aliphatic rings. The van der Waals surface area contributed by atoms with Crippen molar-refractivity contribution in [2.45, 2.75) is 26.4 Å². The number of aryl methyl sites for hydroxylation is 1. The monoisotopic (exact) mass is 435 g/mol. The Bertz CT molecular complexity index is 952. The lowest BCUT2D eigenvalue weighted by molar-refractivity contribution is -0.130. The van der Waals surface area contributed by atoms with Crippen LogP contribution in [-0.2, 0) is 9.59 Å². The maximum absolute atomic E-state index is 12.5. The third kappa shape index (κ3) is 6.03. The normalized spacial score (nSPS) is 14.8. The first-order chi connectivity index (χ1) is 14.9. The van der Waals surface area contributed by atoms with Crippen molar-refractivity contribution >= 4 is 23.7 Å². The van der Waals surface area contributed by atoms with Gasteiger partial charge in [0.15, 0.2) is 17.3 Å². The molecule has 0 saturated carbocycles. The fourth-order valence-corrected chi connectivity index (χ4v) is 3.27. The van der Waals surface area contributed by atoms with Gasteiger partial charge in [0.2, 0.25) is 11.8 Å². The molecule has 0 atom stereocenters. The summed E-state index contributed by atoms with van der Waals surface area (Å²) in [7, 11) is 1.34. The number of carbonyl (C=O) groups excluding carboxylic acids is 2. The molecule has 2 amide bonds. The summed E-state index contributed by atoms with van der Waals surface area (Å²) in [5.74, 6) is 0.496. The van der Waals surface area contributed by atoms with Crippen LogP contribution in [0.1, 0.15) is 24.2 Å². The topological polar surface area (TPSA) is 93.9 Å². The number of nitrogens with one attached hydrogen (secondary N) is 1. The van der Waals surface area contributed by atoms with Crippen LogP contribution in [0.15, 0.2) is 34.9 Å². The number of anilines is 1. The second-order valence-electron chi connectivity index (χ2n) is 7.03. The van der Waals surface area contributed by atoms with Gasteiger partial charge in [-0.05, 0) is 43.5 Å². The molecule has 2 aromatic rings. The average Bonchev–Trinajstić information content (AvgIpc) is 3.16. The third-order valence-electron chi connectivity index (χ3n) is 4.88. The summed E-state index contributed by atoms with van der Waals surface area (Å²) in [4.78, 5) is 26.5. The number of amides is 2. The zero-order valence-electron chi connectivity index (χ0n) is 17.1. The number of alkyl halides is 2. The van der Waals surface area contributed by atoms with E-state index < -0.39 is 6.61 Å². The lowest BCUT2D eigenvalue weighted by Crippen LogP contribution is -2.40. The van der Waals surface area contributed by atoms with E-state index in [1.807, 2.05) is 0 Å². The lowest BCUT2D eigenvalue weighted by atomic mass is 9.96. The maximum Gasteiger partial charge on any atom is 0.387 e. The molecular formula is C21H23F2N3O5. The Morgan fingerprint density at radius 2 is 2.00 bits per heavy atom. The molecule has 1 aromatic heterocycles. The van der Waals surface area contributed by atoms with Crippen molar-refractivity contribution in [1.29, 1.82) is 0 Å². The van der Waals surface area contributed by atoms with Gasteiger partial charge in [-0.2, -0.15) is 8.78 Å². The van der Waals surface area contributed by atoms with Crippen molar-refractivity contribution in [1.82, 2.24) is 10.1 Å². The molecular weight excluding hydrogens is 412 g/mol. The van der Waals surface area contributed by atoms with E-state index >= 15 is 0 Å². The first-order valence-corrected chi connectivity index (χ1v) is 9.69. The van der Waals surface area contributed by atoms with Crippen molar-refractivity contribution in [2.75, 3.05) is 25.5 Å². The molecule has 10 heteroatoms. The first kappa shape index (κ1) is 22.3. The molecule has 0 radical (unpaired) electrons. The summed E-state index contributed by atoms with van der Waals surface area (Å²) in [5, 5.41) is 6.46. The SMILES string of the molecule is COc1cc(/C=C/C(=O)N2CCC(C(=O)Nc3cc(C)on3)CC2)ccc1OC(F)F. The van der Waals surface area contributed by atoms with E-state index in [0.717, 1.165) is 0 Å². The second kappa shape index (κ2) is 10.1. The minimum Gasteiger partial charge on any atom is -0.493 e. The highest BCUT2D eigenvalue weighted by Gasteiger charge is 2.27. The maximum atomic E-state index is 12.5. The molecule has 166 valence electrons. The number of methoxy groups -OCH3 is 1. The number of nitrogens with zero attached hydrogens (tertiary/aromatic N) is 2. The predicted octanol–water partition coefficient (Wildman–Crippen LogP) is 3.48. The highest BCUT2D eigenvalue weighted by molar-refractivity contribution is 5.93. The predicted molar refractivity (Wildman–Crippen MR) is 108 cm³/mol. The number of carbonyl (C=O) groups is 2. The summed E-state index contributed by atoms with van der Waals surface area (Å²) in [6.45, 7) is -0.323. The molecule has 3 rings (SSSR count).